The van der Waals surface area contributed by atoms with Crippen LogP contribution in [0.2, 0.25) is 0 Å². The highest BCUT2D eigenvalue weighted by Crippen LogP contribution is 2.14. The second kappa shape index (κ2) is 7.29. The van der Waals surface area contributed by atoms with Gasteiger partial charge in [-0.3, -0.25) is 0 Å². The van der Waals surface area contributed by atoms with E-state index in [2.05, 4.69) is 26.0 Å². The van der Waals surface area contributed by atoms with Crippen molar-refractivity contribution >= 4 is 18.2 Å². The molecule has 1 atom stereocenters. The van der Waals surface area contributed by atoms with Gasteiger partial charge in [-0.15, -0.1) is 0 Å². The van der Waals surface area contributed by atoms with Crippen molar-refractivity contribution in [1.82, 2.24) is 0 Å². The molecule has 0 aromatic heterocycles. The van der Waals surface area contributed by atoms with E-state index in [-0.39, 0.29) is 5.46 Å². The van der Waals surface area contributed by atoms with Crippen LogP contribution in [0, 0.1) is 38.3 Å². The predicted octanol–water partition coefficient (Wildman–Crippen LogP) is 3.87. The van der Waals surface area contributed by atoms with Crippen molar-refractivity contribution in [1.29, 1.82) is 0 Å². The molecule has 0 radical (unpaired) electrons. The molecule has 0 saturated carbocycles. The zero-order valence-corrected chi connectivity index (χ0v) is 14.8. The van der Waals surface area contributed by atoms with Crippen molar-refractivity contribution in [3.05, 3.63) is 58.2 Å². The van der Waals surface area contributed by atoms with Gasteiger partial charge in [0.1, 0.15) is 11.6 Å². The molecule has 0 saturated heterocycles. The highest BCUT2D eigenvalue weighted by atomic mass is 19.1. The van der Waals surface area contributed by atoms with Gasteiger partial charge in [0, 0.05) is 0 Å². The lowest BCUT2D eigenvalue weighted by atomic mass is 9.60. The van der Waals surface area contributed by atoms with Crippen molar-refractivity contribution in [3.8, 4) is 0 Å². The number of rotatable bonds is 5. The lowest BCUT2D eigenvalue weighted by Gasteiger charge is -2.14. The molecule has 0 aliphatic carbocycles. The molecule has 2 aromatic rings. The molecule has 1 unspecified atom stereocenters. The Morgan fingerprint density at radius 3 is 1.91 bits per heavy atom. The molecule has 0 bridgehead atoms. The first kappa shape index (κ1) is 17.7. The van der Waals surface area contributed by atoms with E-state index in [9.17, 15) is 8.78 Å². The van der Waals surface area contributed by atoms with Crippen LogP contribution in [0.15, 0.2) is 24.3 Å². The lowest BCUT2D eigenvalue weighted by Crippen LogP contribution is -2.35. The molecule has 0 spiro atoms. The van der Waals surface area contributed by atoms with E-state index >= 15 is 0 Å². The molecule has 0 N–H and O–H groups in total. The highest BCUT2D eigenvalue weighted by molar-refractivity contribution is 6.68. The summed E-state index contributed by atoms with van der Waals surface area (Å²) in [6.07, 6.45) is 1.72. The quantitative estimate of drug-likeness (QED) is 0.735. The van der Waals surface area contributed by atoms with E-state index < -0.39 is 11.6 Å². The van der Waals surface area contributed by atoms with Gasteiger partial charge in [0.15, 0.2) is 0 Å². The summed E-state index contributed by atoms with van der Waals surface area (Å²) >= 11 is 0. The van der Waals surface area contributed by atoms with Crippen molar-refractivity contribution in [2.24, 2.45) is 5.92 Å². The zero-order valence-electron chi connectivity index (χ0n) is 14.8. The number of aryl methyl sites for hydroxylation is 3. The predicted molar refractivity (Wildman–Crippen MR) is 96.6 cm³/mol. The molecule has 3 heteroatoms. The Hall–Kier alpha value is -1.64. The van der Waals surface area contributed by atoms with Crippen molar-refractivity contribution in [3.63, 3.8) is 0 Å². The van der Waals surface area contributed by atoms with E-state index in [4.69, 9.17) is 0 Å². The van der Waals surface area contributed by atoms with E-state index in [1.54, 1.807) is 0 Å². The lowest BCUT2D eigenvalue weighted by molar-refractivity contribution is 0.548. The van der Waals surface area contributed by atoms with Gasteiger partial charge in [-0.2, -0.15) is 0 Å². The van der Waals surface area contributed by atoms with Gasteiger partial charge in [-0.1, -0.05) is 54.6 Å². The van der Waals surface area contributed by atoms with E-state index in [1.165, 1.54) is 17.7 Å². The Bertz CT molecular complexity index is 661. The maximum Gasteiger partial charge on any atom is 0.200 e. The number of hydrogen-bond acceptors (Lipinski definition) is 0. The topological polar surface area (TPSA) is 0 Å². The van der Waals surface area contributed by atoms with Gasteiger partial charge in [-0.05, 0) is 56.3 Å². The van der Waals surface area contributed by atoms with Crippen LogP contribution in [-0.4, -0.2) is 7.28 Å². The number of hydrogen-bond donors (Lipinski definition) is 0. The van der Waals surface area contributed by atoms with E-state index in [1.807, 2.05) is 20.8 Å². The standard InChI is InChI=1S/C20H25BF2/c1-6-12(2)9-16-10-17(22)20(18(23)11-16)21-19-14(4)7-13(3)8-15(19)5/h7-8,10-12,21H,6,9H2,1-5H3. The van der Waals surface area contributed by atoms with Gasteiger partial charge in [-0.25, -0.2) is 8.78 Å². The molecular formula is C20H25BF2. The average molecular weight is 314 g/mol. The third-order valence-corrected chi connectivity index (χ3v) is 4.68. The minimum atomic E-state index is -0.428. The summed E-state index contributed by atoms with van der Waals surface area (Å²) in [5.41, 5.74) is 5.29. The fourth-order valence-electron chi connectivity index (χ4n) is 3.15. The third kappa shape index (κ3) is 4.22. The molecule has 0 heterocycles. The van der Waals surface area contributed by atoms with Crippen LogP contribution >= 0.6 is 0 Å². The van der Waals surface area contributed by atoms with Crippen LogP contribution in [0.4, 0.5) is 8.78 Å². The monoisotopic (exact) mass is 314 g/mol. The smallest absolute Gasteiger partial charge is 0.200 e. The third-order valence-electron chi connectivity index (χ3n) is 4.68. The van der Waals surface area contributed by atoms with Gasteiger partial charge in [0.05, 0.1) is 0 Å². The summed E-state index contributed by atoms with van der Waals surface area (Å²) in [5.74, 6) is -0.424. The first-order chi connectivity index (χ1) is 10.8. The fraction of sp³-hybridized carbons (Fsp3) is 0.400. The van der Waals surface area contributed by atoms with Crippen molar-refractivity contribution < 1.29 is 8.78 Å². The molecule has 2 aromatic carbocycles. The number of benzene rings is 2. The maximum atomic E-state index is 14.5. The fourth-order valence-corrected chi connectivity index (χ4v) is 3.15. The maximum absolute atomic E-state index is 14.5. The van der Waals surface area contributed by atoms with Crippen LogP contribution in [0.5, 0.6) is 0 Å². The second-order valence-corrected chi connectivity index (χ2v) is 6.81. The summed E-state index contributed by atoms with van der Waals surface area (Å²) in [5, 5.41) is 0. The van der Waals surface area contributed by atoms with Crippen LogP contribution in [0.25, 0.3) is 0 Å². The summed E-state index contributed by atoms with van der Waals surface area (Å²) in [7, 11) is 0.305. The Morgan fingerprint density at radius 1 is 0.913 bits per heavy atom. The molecule has 0 nitrogen and oxygen atoms in total. The first-order valence-corrected chi connectivity index (χ1v) is 8.35. The minimum absolute atomic E-state index is 0.174. The number of halogens is 2. The minimum Gasteiger partial charge on any atom is -0.207 e. The molecule has 0 aliphatic heterocycles. The first-order valence-electron chi connectivity index (χ1n) is 8.35. The molecule has 23 heavy (non-hydrogen) atoms. The van der Waals surface area contributed by atoms with Gasteiger partial charge in [0.2, 0.25) is 7.28 Å². The largest absolute Gasteiger partial charge is 0.207 e. The van der Waals surface area contributed by atoms with Crippen molar-refractivity contribution in [2.45, 2.75) is 47.5 Å². The Kier molecular flexibility index (Phi) is 5.62. The molecule has 2 rings (SSSR count). The molecule has 122 valence electrons. The Labute approximate surface area is 139 Å². The molecule has 0 fully saturated rings. The Morgan fingerprint density at radius 2 is 1.43 bits per heavy atom. The summed E-state index contributed by atoms with van der Waals surface area (Å²) in [6, 6.07) is 7.14. The normalized spacial score (nSPS) is 12.3. The second-order valence-electron chi connectivity index (χ2n) is 6.81. The summed E-state index contributed by atoms with van der Waals surface area (Å²) in [4.78, 5) is 0. The van der Waals surface area contributed by atoms with Crippen LogP contribution in [0.3, 0.4) is 0 Å². The molecular weight excluding hydrogens is 289 g/mol. The summed E-state index contributed by atoms with van der Waals surface area (Å²) < 4.78 is 28.9. The van der Waals surface area contributed by atoms with Crippen LogP contribution in [-0.2, 0) is 6.42 Å². The Balaban J connectivity index is 2.34. The van der Waals surface area contributed by atoms with E-state index in [0.717, 1.165) is 28.6 Å². The molecule has 0 aliphatic rings. The average Bonchev–Trinajstić information content (AvgIpc) is 2.44. The van der Waals surface area contributed by atoms with Crippen molar-refractivity contribution in [2.75, 3.05) is 0 Å². The highest BCUT2D eigenvalue weighted by Gasteiger charge is 2.16. The van der Waals surface area contributed by atoms with Gasteiger partial charge < -0.3 is 0 Å². The zero-order chi connectivity index (χ0) is 17.1. The molecule has 0 amide bonds. The van der Waals surface area contributed by atoms with E-state index in [0.29, 0.717) is 19.6 Å². The van der Waals surface area contributed by atoms with Crippen LogP contribution in [0.1, 0.15) is 42.5 Å². The van der Waals surface area contributed by atoms with Crippen LogP contribution < -0.4 is 10.9 Å². The van der Waals surface area contributed by atoms with Gasteiger partial charge in [0.25, 0.3) is 0 Å². The summed E-state index contributed by atoms with van der Waals surface area (Å²) in [6.45, 7) is 10.2. The SMILES string of the molecule is CCC(C)Cc1cc(F)c(Bc2c(C)cc(C)cc2C)c(F)c1. The van der Waals surface area contributed by atoms with Gasteiger partial charge >= 0.3 is 0 Å².